The molecule has 0 N–H and O–H groups in total. The molecule has 1 fully saturated rings. The van der Waals surface area contributed by atoms with E-state index in [2.05, 4.69) is 5.92 Å². The molecule has 0 radical (unpaired) electrons. The third kappa shape index (κ3) is 4.40. The zero-order chi connectivity index (χ0) is 11.8. The number of ether oxygens (including phenoxy) is 2. The number of carbonyl (C=O) groups is 1. The van der Waals surface area contributed by atoms with Crippen LogP contribution < -0.4 is 0 Å². The Kier molecular flexibility index (Phi) is 6.24. The number of hydrogen-bond donors (Lipinski definition) is 0. The predicted molar refractivity (Wildman–Crippen MR) is 61.1 cm³/mol. The SMILES string of the molecule is C#CCCCN(CC1OCCO1)C(=O)CCl. The minimum Gasteiger partial charge on any atom is -0.348 e. The van der Waals surface area contributed by atoms with Crippen LogP contribution >= 0.6 is 11.6 Å². The highest BCUT2D eigenvalue weighted by Crippen LogP contribution is 2.07. The fourth-order valence-electron chi connectivity index (χ4n) is 1.47. The molecular formula is C11H16ClNO3. The average Bonchev–Trinajstić information content (AvgIpc) is 2.80. The predicted octanol–water partition coefficient (Wildman–Crippen LogP) is 0.840. The van der Waals surface area contributed by atoms with Gasteiger partial charge in [-0.2, -0.15) is 0 Å². The molecule has 0 unspecified atom stereocenters. The summed E-state index contributed by atoms with van der Waals surface area (Å²) >= 11 is 5.53. The molecule has 1 aliphatic rings. The normalized spacial score (nSPS) is 16.0. The van der Waals surface area contributed by atoms with E-state index < -0.39 is 0 Å². The molecule has 1 saturated heterocycles. The number of hydrogen-bond acceptors (Lipinski definition) is 3. The molecule has 1 amide bonds. The topological polar surface area (TPSA) is 38.8 Å². The summed E-state index contributed by atoms with van der Waals surface area (Å²) in [5, 5.41) is 0. The number of rotatable bonds is 6. The maximum absolute atomic E-state index is 11.5. The summed E-state index contributed by atoms with van der Waals surface area (Å²) in [5.41, 5.74) is 0. The van der Waals surface area contributed by atoms with E-state index in [-0.39, 0.29) is 18.1 Å². The molecule has 0 aromatic carbocycles. The highest BCUT2D eigenvalue weighted by molar-refractivity contribution is 6.27. The molecule has 0 aromatic heterocycles. The molecule has 5 heteroatoms. The first-order chi connectivity index (χ1) is 7.77. The van der Waals surface area contributed by atoms with Gasteiger partial charge < -0.3 is 14.4 Å². The van der Waals surface area contributed by atoms with Gasteiger partial charge in [-0.25, -0.2) is 0 Å². The molecule has 4 nitrogen and oxygen atoms in total. The Hall–Kier alpha value is -0.760. The van der Waals surface area contributed by atoms with Gasteiger partial charge in [-0.15, -0.1) is 23.9 Å². The van der Waals surface area contributed by atoms with Crippen LogP contribution in [0.5, 0.6) is 0 Å². The number of unbranched alkanes of at least 4 members (excludes halogenated alkanes) is 1. The molecule has 0 bridgehead atoms. The number of terminal acetylenes is 1. The highest BCUT2D eigenvalue weighted by atomic mass is 35.5. The third-order valence-electron chi connectivity index (χ3n) is 2.28. The smallest absolute Gasteiger partial charge is 0.237 e. The minimum atomic E-state index is -0.321. The van der Waals surface area contributed by atoms with Crippen molar-refractivity contribution in [2.75, 3.05) is 32.2 Å². The van der Waals surface area contributed by atoms with Gasteiger partial charge in [-0.1, -0.05) is 0 Å². The number of alkyl halides is 1. The van der Waals surface area contributed by atoms with Gasteiger partial charge in [0.1, 0.15) is 5.88 Å². The van der Waals surface area contributed by atoms with Crippen LogP contribution in [0.1, 0.15) is 12.8 Å². The lowest BCUT2D eigenvalue weighted by Crippen LogP contribution is -2.39. The molecule has 0 aliphatic carbocycles. The summed E-state index contributed by atoms with van der Waals surface area (Å²) < 4.78 is 10.6. The monoisotopic (exact) mass is 245 g/mol. The quantitative estimate of drug-likeness (QED) is 0.396. The Morgan fingerprint density at radius 1 is 1.50 bits per heavy atom. The Bertz CT molecular complexity index is 258. The van der Waals surface area contributed by atoms with Crippen LogP contribution in [0.4, 0.5) is 0 Å². The summed E-state index contributed by atoms with van der Waals surface area (Å²) in [6, 6.07) is 0. The molecule has 90 valence electrons. The van der Waals surface area contributed by atoms with E-state index in [1.54, 1.807) is 4.90 Å². The van der Waals surface area contributed by atoms with Crippen molar-refractivity contribution in [3.05, 3.63) is 0 Å². The van der Waals surface area contributed by atoms with Crippen LogP contribution in [0.15, 0.2) is 0 Å². The average molecular weight is 246 g/mol. The first-order valence-electron chi connectivity index (χ1n) is 5.28. The lowest BCUT2D eigenvalue weighted by molar-refractivity contribution is -0.134. The van der Waals surface area contributed by atoms with Gasteiger partial charge in [-0.3, -0.25) is 4.79 Å². The molecule has 1 rings (SSSR count). The van der Waals surface area contributed by atoms with Gasteiger partial charge in [-0.05, 0) is 6.42 Å². The lowest BCUT2D eigenvalue weighted by Gasteiger charge is -2.23. The zero-order valence-corrected chi connectivity index (χ0v) is 9.91. The largest absolute Gasteiger partial charge is 0.348 e. The molecule has 0 aromatic rings. The van der Waals surface area contributed by atoms with Crippen LogP contribution in [0.2, 0.25) is 0 Å². The Labute approximate surface area is 101 Å². The fourth-order valence-corrected chi connectivity index (χ4v) is 1.64. The summed E-state index contributed by atoms with van der Waals surface area (Å²) in [7, 11) is 0. The van der Waals surface area contributed by atoms with Gasteiger partial charge in [0.25, 0.3) is 0 Å². The van der Waals surface area contributed by atoms with Crippen LogP contribution in [-0.2, 0) is 14.3 Å². The van der Waals surface area contributed by atoms with Crippen molar-refractivity contribution in [3.63, 3.8) is 0 Å². The van der Waals surface area contributed by atoms with Crippen LogP contribution in [0.3, 0.4) is 0 Å². The summed E-state index contributed by atoms with van der Waals surface area (Å²) in [5.74, 6) is 2.40. The van der Waals surface area contributed by atoms with Gasteiger partial charge in [0.05, 0.1) is 19.8 Å². The summed E-state index contributed by atoms with van der Waals surface area (Å²) in [6.07, 6.45) is 6.26. The van der Waals surface area contributed by atoms with Crippen molar-refractivity contribution in [1.29, 1.82) is 0 Å². The Morgan fingerprint density at radius 3 is 2.75 bits per heavy atom. The van der Waals surface area contributed by atoms with Crippen molar-refractivity contribution in [2.45, 2.75) is 19.1 Å². The van der Waals surface area contributed by atoms with E-state index in [0.29, 0.717) is 32.7 Å². The van der Waals surface area contributed by atoms with Crippen molar-refractivity contribution in [2.24, 2.45) is 0 Å². The molecule has 0 atom stereocenters. The van der Waals surface area contributed by atoms with E-state index in [9.17, 15) is 4.79 Å². The van der Waals surface area contributed by atoms with Gasteiger partial charge in [0, 0.05) is 13.0 Å². The second-order valence-electron chi connectivity index (χ2n) is 3.45. The van der Waals surface area contributed by atoms with Gasteiger partial charge >= 0.3 is 0 Å². The summed E-state index contributed by atoms with van der Waals surface area (Å²) in [4.78, 5) is 13.2. The molecule has 0 saturated carbocycles. The van der Waals surface area contributed by atoms with E-state index in [1.807, 2.05) is 0 Å². The molecule has 1 heterocycles. The number of carbonyl (C=O) groups excluding carboxylic acids is 1. The second-order valence-corrected chi connectivity index (χ2v) is 3.72. The van der Waals surface area contributed by atoms with Gasteiger partial charge in [0.15, 0.2) is 6.29 Å². The standard InChI is InChI=1S/C11H16ClNO3/c1-2-3-4-5-13(10(14)8-12)9-11-15-6-7-16-11/h1,11H,3-9H2. The van der Waals surface area contributed by atoms with E-state index in [1.165, 1.54) is 0 Å². The Morgan fingerprint density at radius 2 is 2.19 bits per heavy atom. The zero-order valence-electron chi connectivity index (χ0n) is 9.15. The fraction of sp³-hybridized carbons (Fsp3) is 0.727. The number of halogens is 1. The summed E-state index contributed by atoms with van der Waals surface area (Å²) in [6.45, 7) is 2.19. The lowest BCUT2D eigenvalue weighted by atomic mass is 10.3. The maximum atomic E-state index is 11.5. The Balaban J connectivity index is 2.36. The molecule has 16 heavy (non-hydrogen) atoms. The third-order valence-corrected chi connectivity index (χ3v) is 2.51. The van der Waals surface area contributed by atoms with Crippen LogP contribution in [0, 0.1) is 12.3 Å². The minimum absolute atomic E-state index is 0.0250. The van der Waals surface area contributed by atoms with E-state index >= 15 is 0 Å². The maximum Gasteiger partial charge on any atom is 0.237 e. The first kappa shape index (κ1) is 13.3. The van der Waals surface area contributed by atoms with E-state index in [0.717, 1.165) is 6.42 Å². The van der Waals surface area contributed by atoms with Crippen molar-refractivity contribution < 1.29 is 14.3 Å². The first-order valence-corrected chi connectivity index (χ1v) is 5.81. The van der Waals surface area contributed by atoms with Crippen LogP contribution in [0.25, 0.3) is 0 Å². The molecule has 0 spiro atoms. The van der Waals surface area contributed by atoms with Crippen molar-refractivity contribution in [1.82, 2.24) is 4.90 Å². The number of amides is 1. The molecule has 1 aliphatic heterocycles. The molecular weight excluding hydrogens is 230 g/mol. The van der Waals surface area contributed by atoms with Crippen LogP contribution in [-0.4, -0.2) is 49.3 Å². The van der Waals surface area contributed by atoms with Crippen molar-refractivity contribution >= 4 is 17.5 Å². The number of nitrogens with zero attached hydrogens (tertiary/aromatic N) is 1. The van der Waals surface area contributed by atoms with E-state index in [4.69, 9.17) is 27.5 Å². The highest BCUT2D eigenvalue weighted by Gasteiger charge is 2.22. The van der Waals surface area contributed by atoms with Gasteiger partial charge in [0.2, 0.25) is 5.91 Å². The van der Waals surface area contributed by atoms with Crippen molar-refractivity contribution in [3.8, 4) is 12.3 Å². The second kappa shape index (κ2) is 7.50.